The molecule has 1 aromatic heterocycles. The Balaban J connectivity index is 2.83. The molecule has 0 N–H and O–H groups in total. The second kappa shape index (κ2) is 5.95. The topological polar surface area (TPSA) is 51.5 Å². The molecule has 0 saturated carbocycles. The van der Waals surface area contributed by atoms with Gasteiger partial charge in [-0.25, -0.2) is 13.6 Å². The van der Waals surface area contributed by atoms with Crippen LogP contribution in [0.1, 0.15) is 36.8 Å². The quantitative estimate of drug-likeness (QED) is 0.481. The number of halogens is 1. The van der Waals surface area contributed by atoms with Gasteiger partial charge in [-0.15, -0.1) is 0 Å². The Kier molecular flexibility index (Phi) is 4.84. The second-order valence-electron chi connectivity index (χ2n) is 4.52. The van der Waals surface area contributed by atoms with Gasteiger partial charge in [0.05, 0.1) is 18.9 Å². The molecule has 0 aromatic carbocycles. The molecule has 0 atom stereocenters. The van der Waals surface area contributed by atoms with Crippen molar-refractivity contribution in [2.45, 2.75) is 25.5 Å². The van der Waals surface area contributed by atoms with Crippen molar-refractivity contribution in [1.29, 1.82) is 0 Å². The van der Waals surface area contributed by atoms with Gasteiger partial charge in [0.2, 0.25) is 0 Å². The number of hydrogen-bond donors (Lipinski definition) is 0. The molecule has 1 rings (SSSR count). The van der Waals surface area contributed by atoms with Crippen molar-refractivity contribution in [2.75, 3.05) is 7.11 Å². The van der Waals surface area contributed by atoms with Crippen molar-refractivity contribution in [3.05, 3.63) is 29.3 Å². The first kappa shape index (κ1) is 14.6. The molecule has 0 bridgehead atoms. The molecule has 98 valence electrons. The Morgan fingerprint density at radius 2 is 2.22 bits per heavy atom. The summed E-state index contributed by atoms with van der Waals surface area (Å²) in [6.07, 6.45) is 2.60. The molecule has 6 heteroatoms. The zero-order valence-corrected chi connectivity index (χ0v) is 11.5. The van der Waals surface area contributed by atoms with Crippen LogP contribution in [0.25, 0.3) is 0 Å². The van der Waals surface area contributed by atoms with Gasteiger partial charge in [0, 0.05) is 10.9 Å². The fourth-order valence-corrected chi connectivity index (χ4v) is 1.48. The van der Waals surface area contributed by atoms with Gasteiger partial charge >= 0.3 is 5.97 Å². The molecule has 1 aromatic rings. The highest BCUT2D eigenvalue weighted by molar-refractivity contribution is 7.99. The van der Waals surface area contributed by atoms with Gasteiger partial charge in [-0.2, -0.15) is 0 Å². The number of hydrogen-bond acceptors (Lipinski definition) is 5. The number of esters is 1. The highest BCUT2D eigenvalue weighted by Gasteiger charge is 2.11. The Morgan fingerprint density at radius 1 is 1.56 bits per heavy atom. The van der Waals surface area contributed by atoms with Crippen molar-refractivity contribution in [1.82, 2.24) is 4.98 Å². The van der Waals surface area contributed by atoms with E-state index >= 15 is 0 Å². The minimum Gasteiger partial charge on any atom is -0.465 e. The molecule has 0 fully saturated rings. The van der Waals surface area contributed by atoms with Crippen LogP contribution >= 0.6 is 11.9 Å². The first-order chi connectivity index (χ1) is 8.33. The zero-order chi connectivity index (χ0) is 13.8. The van der Waals surface area contributed by atoms with Crippen molar-refractivity contribution < 1.29 is 13.9 Å². The average Bonchev–Trinajstić information content (AvgIpc) is 2.28. The number of pyridine rings is 1. The maximum absolute atomic E-state index is 13.6. The van der Waals surface area contributed by atoms with E-state index in [-0.39, 0.29) is 16.0 Å². The van der Waals surface area contributed by atoms with Gasteiger partial charge in [0.1, 0.15) is 5.69 Å². The Labute approximate surface area is 110 Å². The monoisotopic (exact) mass is 270 g/mol. The van der Waals surface area contributed by atoms with Crippen LogP contribution < -0.4 is 0 Å². The van der Waals surface area contributed by atoms with E-state index in [0.29, 0.717) is 0 Å². The minimum absolute atomic E-state index is 0.0427. The molecule has 0 saturated heterocycles. The zero-order valence-electron chi connectivity index (χ0n) is 10.7. The van der Waals surface area contributed by atoms with E-state index in [9.17, 15) is 9.18 Å². The second-order valence-corrected chi connectivity index (χ2v) is 6.14. The number of nitrogens with zero attached hydrogens (tertiary/aromatic N) is 2. The number of carbonyl (C=O) groups is 1. The first-order valence-electron chi connectivity index (χ1n) is 5.29. The Bertz CT molecular complexity index is 470. The van der Waals surface area contributed by atoms with Gasteiger partial charge in [-0.1, -0.05) is 0 Å². The molecule has 0 radical (unpaired) electrons. The summed E-state index contributed by atoms with van der Waals surface area (Å²) in [7, 11) is 1.23. The SMILES string of the molecule is COC(=O)c1cnc(C=NSC(C)(C)C)c(F)c1. The Morgan fingerprint density at radius 3 is 2.72 bits per heavy atom. The largest absolute Gasteiger partial charge is 0.465 e. The standard InChI is InChI=1S/C12H15FN2O2S/c1-12(2,3)18-15-7-10-9(13)5-8(6-14-10)11(16)17-4/h5-7H,1-4H3. The van der Waals surface area contributed by atoms with Gasteiger partial charge in [0.15, 0.2) is 5.82 Å². The molecule has 0 aliphatic heterocycles. The van der Waals surface area contributed by atoms with Crippen LogP contribution in [0.15, 0.2) is 16.7 Å². The van der Waals surface area contributed by atoms with Crippen LogP contribution in [0, 0.1) is 5.82 Å². The van der Waals surface area contributed by atoms with E-state index in [2.05, 4.69) is 14.1 Å². The van der Waals surface area contributed by atoms with E-state index in [0.717, 1.165) is 6.07 Å². The lowest BCUT2D eigenvalue weighted by atomic mass is 10.2. The minimum atomic E-state index is -0.617. The average molecular weight is 270 g/mol. The van der Waals surface area contributed by atoms with Crippen molar-refractivity contribution in [2.24, 2.45) is 4.40 Å². The van der Waals surface area contributed by atoms with Gasteiger partial charge in [-0.05, 0) is 38.8 Å². The van der Waals surface area contributed by atoms with E-state index in [1.54, 1.807) is 0 Å². The van der Waals surface area contributed by atoms with Gasteiger partial charge < -0.3 is 4.74 Å². The van der Waals surface area contributed by atoms with Crippen molar-refractivity contribution >= 4 is 24.1 Å². The molecule has 0 aliphatic carbocycles. The third kappa shape index (κ3) is 4.44. The van der Waals surface area contributed by atoms with Crippen LogP contribution in [0.5, 0.6) is 0 Å². The normalized spacial score (nSPS) is 11.8. The molecule has 0 aliphatic rings. The summed E-state index contributed by atoms with van der Waals surface area (Å²) in [5.41, 5.74) is 0.176. The van der Waals surface area contributed by atoms with Crippen LogP contribution in [0.2, 0.25) is 0 Å². The molecular weight excluding hydrogens is 255 g/mol. The molecule has 0 spiro atoms. The van der Waals surface area contributed by atoms with Crippen LogP contribution in [0.4, 0.5) is 4.39 Å². The fraction of sp³-hybridized carbons (Fsp3) is 0.417. The highest BCUT2D eigenvalue weighted by Crippen LogP contribution is 2.23. The summed E-state index contributed by atoms with van der Waals surface area (Å²) in [4.78, 5) is 15.0. The lowest BCUT2D eigenvalue weighted by molar-refractivity contribution is 0.0599. The third-order valence-electron chi connectivity index (χ3n) is 1.79. The maximum Gasteiger partial charge on any atom is 0.339 e. The summed E-state index contributed by atoms with van der Waals surface area (Å²) >= 11 is 1.32. The lowest BCUT2D eigenvalue weighted by Crippen LogP contribution is -2.06. The molecular formula is C12H15FN2O2S. The predicted octanol–water partition coefficient (Wildman–Crippen LogP) is 2.87. The molecule has 18 heavy (non-hydrogen) atoms. The van der Waals surface area contributed by atoms with E-state index in [1.807, 2.05) is 20.8 Å². The van der Waals surface area contributed by atoms with Crippen LogP contribution in [0.3, 0.4) is 0 Å². The summed E-state index contributed by atoms with van der Waals surface area (Å²) < 4.78 is 22.1. The summed E-state index contributed by atoms with van der Waals surface area (Å²) in [5.74, 6) is -1.22. The van der Waals surface area contributed by atoms with E-state index < -0.39 is 11.8 Å². The highest BCUT2D eigenvalue weighted by atomic mass is 32.2. The summed E-state index contributed by atoms with van der Waals surface area (Å²) in [6.45, 7) is 6.00. The van der Waals surface area contributed by atoms with Gasteiger partial charge in [-0.3, -0.25) is 4.98 Å². The number of carbonyl (C=O) groups excluding carboxylic acids is 1. The Hall–Kier alpha value is -1.43. The maximum atomic E-state index is 13.6. The first-order valence-corrected chi connectivity index (χ1v) is 6.06. The number of methoxy groups -OCH3 is 1. The molecule has 0 amide bonds. The third-order valence-corrected chi connectivity index (χ3v) is 2.55. The predicted molar refractivity (Wildman–Crippen MR) is 70.5 cm³/mol. The molecule has 0 unspecified atom stereocenters. The number of aromatic nitrogens is 1. The summed E-state index contributed by atoms with van der Waals surface area (Å²) in [6, 6.07) is 1.09. The smallest absolute Gasteiger partial charge is 0.339 e. The van der Waals surface area contributed by atoms with Crippen LogP contribution in [-0.2, 0) is 4.74 Å². The lowest BCUT2D eigenvalue weighted by Gasteiger charge is -2.12. The number of ether oxygens (including phenoxy) is 1. The van der Waals surface area contributed by atoms with Crippen molar-refractivity contribution in [3.63, 3.8) is 0 Å². The number of rotatable bonds is 3. The fourth-order valence-electron chi connectivity index (χ4n) is 1.01. The molecule has 1 heterocycles. The summed E-state index contributed by atoms with van der Waals surface area (Å²) in [5, 5.41) is 0. The van der Waals surface area contributed by atoms with Gasteiger partial charge in [0.25, 0.3) is 0 Å². The molecule has 4 nitrogen and oxygen atoms in total. The van der Waals surface area contributed by atoms with E-state index in [4.69, 9.17) is 0 Å². The van der Waals surface area contributed by atoms with Crippen molar-refractivity contribution in [3.8, 4) is 0 Å². The van der Waals surface area contributed by atoms with E-state index in [1.165, 1.54) is 31.5 Å². The van der Waals surface area contributed by atoms with Crippen LogP contribution in [-0.4, -0.2) is 29.0 Å².